The number of urea groups is 1. The summed E-state index contributed by atoms with van der Waals surface area (Å²) in [6, 6.07) is 11.4. The van der Waals surface area contributed by atoms with Gasteiger partial charge in [0.05, 0.1) is 0 Å². The summed E-state index contributed by atoms with van der Waals surface area (Å²) in [7, 11) is 0. The van der Waals surface area contributed by atoms with Gasteiger partial charge in [-0.25, -0.2) is 9.18 Å². The number of carbonyl (C=O) groups is 2. The molecule has 1 saturated heterocycles. The Morgan fingerprint density at radius 3 is 2.47 bits per heavy atom. The molecule has 4 rings (SSSR count). The average molecular weight is 454 g/mol. The third-order valence-corrected chi connectivity index (χ3v) is 6.35. The van der Waals surface area contributed by atoms with Gasteiger partial charge < -0.3 is 15.5 Å². The summed E-state index contributed by atoms with van der Waals surface area (Å²) >= 11 is 1.22. The van der Waals surface area contributed by atoms with E-state index in [1.807, 2.05) is 26.0 Å². The highest BCUT2D eigenvalue weighted by Crippen LogP contribution is 2.30. The first kappa shape index (κ1) is 21.9. The molecule has 2 aromatic carbocycles. The van der Waals surface area contributed by atoms with Crippen molar-refractivity contribution >= 4 is 34.6 Å². The third kappa shape index (κ3) is 5.28. The summed E-state index contributed by atoms with van der Waals surface area (Å²) in [6.45, 7) is 5.19. The van der Waals surface area contributed by atoms with Gasteiger partial charge in [0.25, 0.3) is 5.91 Å². The van der Waals surface area contributed by atoms with Crippen molar-refractivity contribution in [3.63, 3.8) is 0 Å². The minimum absolute atomic E-state index is 0.0265. The van der Waals surface area contributed by atoms with Gasteiger partial charge in [-0.05, 0) is 74.2 Å². The maximum absolute atomic E-state index is 13.0. The van der Waals surface area contributed by atoms with E-state index >= 15 is 0 Å². The smallest absolute Gasteiger partial charge is 0.321 e. The second-order valence-electron chi connectivity index (χ2n) is 8.00. The van der Waals surface area contributed by atoms with Crippen LogP contribution in [0.15, 0.2) is 42.5 Å². The normalized spacial score (nSPS) is 16.0. The number of amides is 3. The van der Waals surface area contributed by atoms with Crippen molar-refractivity contribution in [2.45, 2.75) is 32.6 Å². The number of anilines is 2. The molecular formula is C23H24FN5O2S. The van der Waals surface area contributed by atoms with Crippen LogP contribution in [0.1, 0.15) is 44.7 Å². The van der Waals surface area contributed by atoms with Crippen LogP contribution in [0.4, 0.5) is 20.6 Å². The summed E-state index contributed by atoms with van der Waals surface area (Å²) in [5, 5.41) is 14.9. The van der Waals surface area contributed by atoms with Gasteiger partial charge in [0, 0.05) is 30.4 Å². The van der Waals surface area contributed by atoms with Gasteiger partial charge in [0.2, 0.25) is 5.01 Å². The second-order valence-corrected chi connectivity index (χ2v) is 9.01. The predicted molar refractivity (Wildman–Crippen MR) is 123 cm³/mol. The Labute approximate surface area is 189 Å². The van der Waals surface area contributed by atoms with E-state index in [0.717, 1.165) is 34.7 Å². The minimum atomic E-state index is -0.388. The van der Waals surface area contributed by atoms with Gasteiger partial charge in [-0.2, -0.15) is 0 Å². The fraction of sp³-hybridized carbons (Fsp3) is 0.304. The number of nitrogens with zero attached hydrogens (tertiary/aromatic N) is 3. The average Bonchev–Trinajstić information content (AvgIpc) is 3.25. The van der Waals surface area contributed by atoms with Crippen molar-refractivity contribution in [3.8, 4) is 0 Å². The highest BCUT2D eigenvalue weighted by Gasteiger charge is 2.28. The Bertz CT molecular complexity index is 1110. The first-order valence-corrected chi connectivity index (χ1v) is 11.2. The van der Waals surface area contributed by atoms with Crippen molar-refractivity contribution in [2.75, 3.05) is 23.7 Å². The maximum Gasteiger partial charge on any atom is 0.321 e. The first-order chi connectivity index (χ1) is 15.4. The van der Waals surface area contributed by atoms with Crippen molar-refractivity contribution in [1.82, 2.24) is 15.1 Å². The number of halogens is 1. The zero-order valence-corrected chi connectivity index (χ0v) is 18.7. The van der Waals surface area contributed by atoms with Crippen molar-refractivity contribution in [2.24, 2.45) is 0 Å². The van der Waals surface area contributed by atoms with E-state index in [9.17, 15) is 14.0 Å². The van der Waals surface area contributed by atoms with E-state index < -0.39 is 0 Å². The zero-order chi connectivity index (χ0) is 22.7. The molecule has 3 amide bonds. The molecule has 0 radical (unpaired) electrons. The monoisotopic (exact) mass is 453 g/mol. The van der Waals surface area contributed by atoms with Gasteiger partial charge in [0.1, 0.15) is 10.8 Å². The van der Waals surface area contributed by atoms with Crippen LogP contribution in [0.3, 0.4) is 0 Å². The Balaban J connectivity index is 1.39. The van der Waals surface area contributed by atoms with Gasteiger partial charge in [-0.15, -0.1) is 10.2 Å². The second kappa shape index (κ2) is 9.44. The van der Waals surface area contributed by atoms with E-state index in [1.54, 1.807) is 4.90 Å². The topological polar surface area (TPSA) is 87.2 Å². The van der Waals surface area contributed by atoms with Crippen molar-refractivity contribution in [1.29, 1.82) is 0 Å². The molecule has 32 heavy (non-hydrogen) atoms. The Hall–Kier alpha value is -3.33. The van der Waals surface area contributed by atoms with E-state index in [0.29, 0.717) is 18.8 Å². The highest BCUT2D eigenvalue weighted by atomic mass is 32.1. The quantitative estimate of drug-likeness (QED) is 0.585. The molecule has 0 bridgehead atoms. The number of piperidine rings is 1. The molecular weight excluding hydrogens is 429 g/mol. The van der Waals surface area contributed by atoms with Crippen molar-refractivity contribution < 1.29 is 14.0 Å². The molecule has 1 fully saturated rings. The van der Waals surface area contributed by atoms with Gasteiger partial charge in [-0.1, -0.05) is 17.4 Å². The van der Waals surface area contributed by atoms with Gasteiger partial charge in [-0.3, -0.25) is 4.79 Å². The fourth-order valence-electron chi connectivity index (χ4n) is 3.82. The van der Waals surface area contributed by atoms with E-state index in [4.69, 9.17) is 0 Å². The van der Waals surface area contributed by atoms with Crippen LogP contribution in [0.5, 0.6) is 0 Å². The zero-order valence-electron chi connectivity index (χ0n) is 17.9. The Kier molecular flexibility index (Phi) is 6.45. The molecule has 0 saturated carbocycles. The number of hydrogen-bond acceptors (Lipinski definition) is 5. The molecule has 7 nitrogen and oxygen atoms in total. The lowest BCUT2D eigenvalue weighted by molar-refractivity contribution is 0.102. The number of aryl methyl sites for hydroxylation is 2. The molecule has 2 heterocycles. The maximum atomic E-state index is 13.0. The summed E-state index contributed by atoms with van der Waals surface area (Å²) in [5.74, 6) is -0.733. The van der Waals surface area contributed by atoms with E-state index in [1.165, 1.54) is 35.6 Å². The van der Waals surface area contributed by atoms with Crippen LogP contribution >= 0.6 is 11.3 Å². The third-order valence-electron chi connectivity index (χ3n) is 5.27. The Morgan fingerprint density at radius 1 is 1.03 bits per heavy atom. The number of benzene rings is 2. The van der Waals surface area contributed by atoms with Gasteiger partial charge >= 0.3 is 6.03 Å². The largest absolute Gasteiger partial charge is 0.324 e. The summed E-state index contributed by atoms with van der Waals surface area (Å²) < 4.78 is 13.0. The molecule has 9 heteroatoms. The number of carbonyl (C=O) groups excluding carboxylic acids is 2. The highest BCUT2D eigenvalue weighted by molar-refractivity contribution is 7.13. The van der Waals surface area contributed by atoms with Crippen LogP contribution in [-0.4, -0.2) is 40.1 Å². The molecule has 0 unspecified atom stereocenters. The SMILES string of the molecule is Cc1cc(C)cc(NC(=O)N2CCC[C@H](c3nnc(C(=O)Nc4ccc(F)cc4)s3)C2)c1. The molecule has 0 aliphatic carbocycles. The lowest BCUT2D eigenvalue weighted by atomic mass is 9.99. The van der Waals surface area contributed by atoms with E-state index in [2.05, 4.69) is 26.9 Å². The summed E-state index contributed by atoms with van der Waals surface area (Å²) in [6.07, 6.45) is 1.73. The lowest BCUT2D eigenvalue weighted by Gasteiger charge is -2.31. The number of rotatable bonds is 4. The molecule has 1 atom stereocenters. The predicted octanol–water partition coefficient (Wildman–Crippen LogP) is 4.96. The standard InChI is InChI=1S/C23H24FN5O2S/c1-14-10-15(2)12-19(11-14)26-23(31)29-9-3-4-16(13-29)21-27-28-22(32-21)20(30)25-18-7-5-17(24)6-8-18/h5-8,10-12,16H,3-4,9,13H2,1-2H3,(H,25,30)(H,26,31)/t16-/m0/s1. The van der Waals surface area contributed by atoms with Gasteiger partial charge in [0.15, 0.2) is 0 Å². The Morgan fingerprint density at radius 2 is 1.75 bits per heavy atom. The molecule has 166 valence electrons. The molecule has 3 aromatic rings. The summed E-state index contributed by atoms with van der Waals surface area (Å²) in [5.41, 5.74) is 3.46. The van der Waals surface area contributed by atoms with Crippen LogP contribution in [0.2, 0.25) is 0 Å². The lowest BCUT2D eigenvalue weighted by Crippen LogP contribution is -2.41. The number of aromatic nitrogens is 2. The molecule has 1 aromatic heterocycles. The van der Waals surface area contributed by atoms with E-state index in [-0.39, 0.29) is 28.7 Å². The fourth-order valence-corrected chi connectivity index (χ4v) is 4.69. The molecule has 1 aliphatic heterocycles. The summed E-state index contributed by atoms with van der Waals surface area (Å²) in [4.78, 5) is 27.0. The first-order valence-electron chi connectivity index (χ1n) is 10.4. The molecule has 0 spiro atoms. The number of hydrogen-bond donors (Lipinski definition) is 2. The minimum Gasteiger partial charge on any atom is -0.324 e. The molecule has 2 N–H and O–H groups in total. The number of nitrogens with one attached hydrogen (secondary N) is 2. The van der Waals surface area contributed by atoms with Crippen LogP contribution in [-0.2, 0) is 0 Å². The van der Waals surface area contributed by atoms with Crippen LogP contribution in [0.25, 0.3) is 0 Å². The number of likely N-dealkylation sites (tertiary alicyclic amines) is 1. The van der Waals surface area contributed by atoms with Crippen molar-refractivity contribution in [3.05, 3.63) is 69.4 Å². The van der Waals surface area contributed by atoms with Crippen LogP contribution < -0.4 is 10.6 Å². The molecule has 1 aliphatic rings. The van der Waals surface area contributed by atoms with Crippen LogP contribution in [0, 0.1) is 19.7 Å².